The molecule has 0 fully saturated rings. The summed E-state index contributed by atoms with van der Waals surface area (Å²) >= 11 is 0. The quantitative estimate of drug-likeness (QED) is 0.603. The molecule has 3 N–H and O–H groups in total. The minimum absolute atomic E-state index is 0.619. The van der Waals surface area contributed by atoms with Crippen LogP contribution >= 0.6 is 0 Å². The lowest BCUT2D eigenvalue weighted by atomic mass is 10.2. The van der Waals surface area contributed by atoms with Gasteiger partial charge in [0.15, 0.2) is 11.3 Å². The summed E-state index contributed by atoms with van der Waals surface area (Å²) in [5.74, 6) is 0.638. The molecule has 0 atom stereocenters. The molecule has 1 aromatic heterocycles. The summed E-state index contributed by atoms with van der Waals surface area (Å²) in [6.45, 7) is 0. The van der Waals surface area contributed by atoms with Crippen LogP contribution in [0.25, 0.3) is 11.0 Å². The van der Waals surface area contributed by atoms with Gasteiger partial charge in [0.05, 0.1) is 7.11 Å². The van der Waals surface area contributed by atoms with Crippen LogP contribution in [-0.4, -0.2) is 22.5 Å². The zero-order valence-corrected chi connectivity index (χ0v) is 6.53. The van der Waals surface area contributed by atoms with Gasteiger partial charge in [-0.1, -0.05) is 0 Å². The van der Waals surface area contributed by atoms with E-state index in [1.165, 1.54) is 0 Å². The first-order valence-electron chi connectivity index (χ1n) is 3.45. The van der Waals surface area contributed by atoms with Gasteiger partial charge in [-0.3, -0.25) is 0 Å². The van der Waals surface area contributed by atoms with Gasteiger partial charge in [-0.05, 0) is 6.07 Å². The molecule has 1 aromatic carbocycles. The molecule has 1 heterocycles. The van der Waals surface area contributed by atoms with Crippen LogP contribution in [0.3, 0.4) is 0 Å². The number of rotatable bonds is 1. The average molecular weight is 164 g/mol. The summed E-state index contributed by atoms with van der Waals surface area (Å²) in [5, 5.41) is 10.3. The van der Waals surface area contributed by atoms with E-state index in [1.807, 2.05) is 0 Å². The van der Waals surface area contributed by atoms with Gasteiger partial charge >= 0.3 is 0 Å². The summed E-state index contributed by atoms with van der Waals surface area (Å²) in [7, 11) is 1.57. The number of methoxy groups -OCH3 is 1. The summed E-state index contributed by atoms with van der Waals surface area (Å²) in [6, 6.07) is 3.45. The Morgan fingerprint density at radius 1 is 1.42 bits per heavy atom. The predicted molar refractivity (Wildman–Crippen MR) is 44.9 cm³/mol. The SMILES string of the molecule is COc1cc(N)cc2n[nH]nc12. The highest BCUT2D eigenvalue weighted by Crippen LogP contribution is 2.24. The number of fused-ring (bicyclic) bond motifs is 1. The number of hydrogen-bond donors (Lipinski definition) is 2. The van der Waals surface area contributed by atoms with Crippen molar-refractivity contribution in [2.45, 2.75) is 0 Å². The van der Waals surface area contributed by atoms with E-state index in [9.17, 15) is 0 Å². The molecule has 0 spiro atoms. The third-order valence-corrected chi connectivity index (χ3v) is 1.63. The fourth-order valence-electron chi connectivity index (χ4n) is 1.10. The molecule has 0 aliphatic heterocycles. The van der Waals surface area contributed by atoms with Crippen LogP contribution in [-0.2, 0) is 0 Å². The fourth-order valence-corrected chi connectivity index (χ4v) is 1.10. The Kier molecular flexibility index (Phi) is 1.36. The van der Waals surface area contributed by atoms with E-state index in [-0.39, 0.29) is 0 Å². The van der Waals surface area contributed by atoms with Crippen molar-refractivity contribution >= 4 is 16.7 Å². The van der Waals surface area contributed by atoms with E-state index < -0.39 is 0 Å². The van der Waals surface area contributed by atoms with E-state index in [1.54, 1.807) is 19.2 Å². The Morgan fingerprint density at radius 2 is 2.25 bits per heavy atom. The highest BCUT2D eigenvalue weighted by atomic mass is 16.5. The van der Waals surface area contributed by atoms with Crippen LogP contribution in [0.1, 0.15) is 0 Å². The second kappa shape index (κ2) is 2.37. The number of hydrogen-bond acceptors (Lipinski definition) is 4. The monoisotopic (exact) mass is 164 g/mol. The van der Waals surface area contributed by atoms with Gasteiger partial charge in [0.1, 0.15) is 5.52 Å². The molecular formula is C7H8N4O. The van der Waals surface area contributed by atoms with Gasteiger partial charge in [-0.25, -0.2) is 0 Å². The smallest absolute Gasteiger partial charge is 0.154 e. The third kappa shape index (κ3) is 0.868. The van der Waals surface area contributed by atoms with E-state index in [0.29, 0.717) is 22.5 Å². The number of aromatic amines is 1. The third-order valence-electron chi connectivity index (χ3n) is 1.63. The number of ether oxygens (including phenoxy) is 1. The van der Waals surface area contributed by atoms with Crippen molar-refractivity contribution in [3.8, 4) is 5.75 Å². The molecular weight excluding hydrogens is 156 g/mol. The lowest BCUT2D eigenvalue weighted by molar-refractivity contribution is 0.419. The molecule has 2 rings (SSSR count). The second-order valence-corrected chi connectivity index (χ2v) is 2.41. The van der Waals surface area contributed by atoms with Gasteiger partial charge in [0.25, 0.3) is 0 Å². The van der Waals surface area contributed by atoms with Gasteiger partial charge in [-0.15, -0.1) is 0 Å². The van der Waals surface area contributed by atoms with Crippen LogP contribution in [0.2, 0.25) is 0 Å². The molecule has 0 aliphatic rings. The minimum Gasteiger partial charge on any atom is -0.494 e. The molecule has 0 saturated carbocycles. The molecule has 5 nitrogen and oxygen atoms in total. The van der Waals surface area contributed by atoms with Gasteiger partial charge in [-0.2, -0.15) is 15.4 Å². The van der Waals surface area contributed by atoms with Crippen molar-refractivity contribution in [3.63, 3.8) is 0 Å². The maximum atomic E-state index is 5.60. The molecule has 12 heavy (non-hydrogen) atoms. The molecule has 0 aliphatic carbocycles. The molecule has 62 valence electrons. The first-order chi connectivity index (χ1) is 5.81. The van der Waals surface area contributed by atoms with Crippen molar-refractivity contribution in [1.82, 2.24) is 15.4 Å². The zero-order valence-electron chi connectivity index (χ0n) is 6.53. The van der Waals surface area contributed by atoms with Crippen molar-refractivity contribution in [2.24, 2.45) is 0 Å². The summed E-state index contributed by atoms with van der Waals surface area (Å²) in [4.78, 5) is 0. The Labute approximate surface area is 68.5 Å². The fraction of sp³-hybridized carbons (Fsp3) is 0.143. The lowest BCUT2D eigenvalue weighted by Gasteiger charge is -1.99. The maximum absolute atomic E-state index is 5.60. The molecule has 0 amide bonds. The molecule has 0 bridgehead atoms. The Bertz CT molecular complexity index is 409. The van der Waals surface area contributed by atoms with E-state index in [0.717, 1.165) is 0 Å². The molecule has 0 radical (unpaired) electrons. The van der Waals surface area contributed by atoms with Gasteiger partial charge < -0.3 is 10.5 Å². The highest BCUT2D eigenvalue weighted by Gasteiger charge is 2.05. The normalized spacial score (nSPS) is 10.4. The Hall–Kier alpha value is -1.78. The molecule has 0 unspecified atom stereocenters. The number of nitrogens with two attached hydrogens (primary N) is 1. The Morgan fingerprint density at radius 3 is 3.00 bits per heavy atom. The summed E-state index contributed by atoms with van der Waals surface area (Å²) in [6.07, 6.45) is 0. The average Bonchev–Trinajstić information content (AvgIpc) is 2.50. The van der Waals surface area contributed by atoms with Crippen molar-refractivity contribution in [3.05, 3.63) is 12.1 Å². The van der Waals surface area contributed by atoms with Crippen LogP contribution in [0.5, 0.6) is 5.75 Å². The van der Waals surface area contributed by atoms with Crippen LogP contribution in [0.15, 0.2) is 12.1 Å². The summed E-state index contributed by atoms with van der Waals surface area (Å²) in [5.41, 5.74) is 7.63. The first-order valence-corrected chi connectivity index (χ1v) is 3.45. The number of nitrogens with zero attached hydrogens (tertiary/aromatic N) is 2. The molecule has 0 saturated heterocycles. The van der Waals surface area contributed by atoms with Crippen molar-refractivity contribution < 1.29 is 4.74 Å². The highest BCUT2D eigenvalue weighted by molar-refractivity contribution is 5.84. The minimum atomic E-state index is 0.619. The topological polar surface area (TPSA) is 76.8 Å². The molecule has 5 heteroatoms. The number of nitrogen functional groups attached to an aromatic ring is 1. The van der Waals surface area contributed by atoms with E-state index >= 15 is 0 Å². The number of benzene rings is 1. The van der Waals surface area contributed by atoms with E-state index in [2.05, 4.69) is 15.4 Å². The van der Waals surface area contributed by atoms with Gasteiger partial charge in [0, 0.05) is 11.8 Å². The summed E-state index contributed by atoms with van der Waals surface area (Å²) < 4.78 is 5.06. The van der Waals surface area contributed by atoms with Crippen molar-refractivity contribution in [2.75, 3.05) is 12.8 Å². The van der Waals surface area contributed by atoms with Crippen LogP contribution in [0.4, 0.5) is 5.69 Å². The number of H-pyrrole nitrogens is 1. The van der Waals surface area contributed by atoms with Gasteiger partial charge in [0.2, 0.25) is 0 Å². The second-order valence-electron chi connectivity index (χ2n) is 2.41. The maximum Gasteiger partial charge on any atom is 0.154 e. The van der Waals surface area contributed by atoms with E-state index in [4.69, 9.17) is 10.5 Å². The Balaban J connectivity index is 2.80. The number of nitrogens with one attached hydrogen (secondary N) is 1. The molecule has 2 aromatic rings. The van der Waals surface area contributed by atoms with Crippen molar-refractivity contribution in [1.29, 1.82) is 0 Å². The largest absolute Gasteiger partial charge is 0.494 e. The predicted octanol–water partition coefficient (Wildman–Crippen LogP) is 0.549. The van der Waals surface area contributed by atoms with Crippen LogP contribution < -0.4 is 10.5 Å². The number of anilines is 1. The zero-order chi connectivity index (χ0) is 8.55. The first kappa shape index (κ1) is 6.90. The lowest BCUT2D eigenvalue weighted by Crippen LogP contribution is -1.89. The standard InChI is InChI=1S/C7H8N4O/c1-12-6-3-4(8)2-5-7(6)10-11-9-5/h2-3H,8H2,1H3,(H,9,10,11). The number of aromatic nitrogens is 3. The van der Waals surface area contributed by atoms with Crippen LogP contribution in [0, 0.1) is 0 Å².